The molecule has 10 nitrogen and oxygen atoms in total. The third-order valence-electron chi connectivity index (χ3n) is 4.89. The van der Waals surface area contributed by atoms with Gasteiger partial charge in [-0.3, -0.25) is 9.89 Å². The molecule has 1 aliphatic rings. The first-order valence-corrected chi connectivity index (χ1v) is 9.66. The van der Waals surface area contributed by atoms with Crippen molar-refractivity contribution in [3.05, 3.63) is 48.5 Å². The van der Waals surface area contributed by atoms with Crippen molar-refractivity contribution in [2.45, 2.75) is 19.6 Å². The van der Waals surface area contributed by atoms with Gasteiger partial charge in [-0.15, -0.1) is 0 Å². The van der Waals surface area contributed by atoms with Crippen molar-refractivity contribution in [3.8, 4) is 22.8 Å². The van der Waals surface area contributed by atoms with Gasteiger partial charge in [-0.1, -0.05) is 0 Å². The molecule has 32 heavy (non-hydrogen) atoms. The van der Waals surface area contributed by atoms with Crippen molar-refractivity contribution in [1.82, 2.24) is 24.8 Å². The predicted molar refractivity (Wildman–Crippen MR) is 110 cm³/mol. The number of alkyl halides is 2. The summed E-state index contributed by atoms with van der Waals surface area (Å²) in [5.74, 6) is -0.108. The van der Waals surface area contributed by atoms with Crippen LogP contribution in [0.2, 0.25) is 0 Å². The molecule has 5 rings (SSSR count). The molecule has 0 bridgehead atoms. The summed E-state index contributed by atoms with van der Waals surface area (Å²) in [6.45, 7) is -0.633. The average molecular weight is 441 g/mol. The largest absolute Gasteiger partial charge is 0.487 e. The van der Waals surface area contributed by atoms with Crippen LogP contribution in [0.5, 0.6) is 11.5 Å². The summed E-state index contributed by atoms with van der Waals surface area (Å²) in [5, 5.41) is 16.6. The number of anilines is 2. The number of carbonyl (C=O) groups excluding carboxylic acids is 1. The maximum Gasteiger partial charge on any atom is 0.387 e. The number of hydrogen-bond donors (Lipinski definition) is 3. The van der Waals surface area contributed by atoms with Crippen LogP contribution in [0.25, 0.3) is 16.9 Å². The zero-order valence-corrected chi connectivity index (χ0v) is 16.7. The molecule has 0 aliphatic carbocycles. The van der Waals surface area contributed by atoms with E-state index >= 15 is 0 Å². The number of nitrogens with zero attached hydrogens (tertiary/aromatic N) is 4. The van der Waals surface area contributed by atoms with Crippen LogP contribution in [0.1, 0.15) is 17.3 Å². The van der Waals surface area contributed by atoms with E-state index in [0.29, 0.717) is 23.6 Å². The lowest BCUT2D eigenvalue weighted by molar-refractivity contribution is -0.0494. The van der Waals surface area contributed by atoms with E-state index in [1.54, 1.807) is 24.5 Å². The number of fused-ring (bicyclic) bond motifs is 2. The third-order valence-corrected chi connectivity index (χ3v) is 4.89. The lowest BCUT2D eigenvalue weighted by Gasteiger charge is -2.26. The summed E-state index contributed by atoms with van der Waals surface area (Å²) >= 11 is 0. The standard InChI is InChI=1S/C20H17F2N7O3/c1-10-7-24-13-6-15(32-20(21)22)11(5-16(13)31-10)17-14(9-25-28-17)27-19(30)12-8-26-29-4-2-3-23-18(12)29/h2-6,8-10,20,24H,7H2,1H3,(H,25,28)(H,27,30)/t10-/m1/s1. The van der Waals surface area contributed by atoms with Gasteiger partial charge in [0.15, 0.2) is 5.65 Å². The molecule has 4 heterocycles. The number of aromatic amines is 1. The Morgan fingerprint density at radius 2 is 2.25 bits per heavy atom. The molecule has 0 radical (unpaired) electrons. The molecule has 0 spiro atoms. The van der Waals surface area contributed by atoms with Gasteiger partial charge in [0, 0.05) is 24.0 Å². The minimum absolute atomic E-state index is 0.0956. The summed E-state index contributed by atoms with van der Waals surface area (Å²) in [6, 6.07) is 4.69. The second kappa shape index (κ2) is 7.80. The Hall–Kier alpha value is -4.22. The van der Waals surface area contributed by atoms with Gasteiger partial charge in [0.2, 0.25) is 0 Å². The number of halogens is 2. The van der Waals surface area contributed by atoms with Crippen molar-refractivity contribution in [2.75, 3.05) is 17.2 Å². The van der Waals surface area contributed by atoms with Crippen LogP contribution < -0.4 is 20.1 Å². The van der Waals surface area contributed by atoms with Gasteiger partial charge in [-0.05, 0) is 19.1 Å². The molecule has 0 saturated heterocycles. The fourth-order valence-electron chi connectivity index (χ4n) is 3.46. The van der Waals surface area contributed by atoms with E-state index in [-0.39, 0.29) is 34.4 Å². The SMILES string of the molecule is C[C@@H]1CNc2cc(OC(F)F)c(-c3[nH]ncc3NC(=O)c3cnn4cccnc34)cc2O1. The number of hydrogen-bond acceptors (Lipinski definition) is 7. The van der Waals surface area contributed by atoms with Crippen molar-refractivity contribution < 1.29 is 23.0 Å². The van der Waals surface area contributed by atoms with E-state index in [1.807, 2.05) is 6.92 Å². The first-order valence-electron chi connectivity index (χ1n) is 9.66. The Morgan fingerprint density at radius 1 is 1.38 bits per heavy atom. The van der Waals surface area contributed by atoms with Gasteiger partial charge in [0.05, 0.1) is 36.0 Å². The van der Waals surface area contributed by atoms with E-state index in [9.17, 15) is 13.6 Å². The molecule has 164 valence electrons. The van der Waals surface area contributed by atoms with Crippen LogP contribution >= 0.6 is 0 Å². The Kier molecular flexibility index (Phi) is 4.81. The smallest absolute Gasteiger partial charge is 0.387 e. The van der Waals surface area contributed by atoms with Crippen LogP contribution in [0, 0.1) is 0 Å². The molecule has 1 aliphatic heterocycles. The minimum Gasteiger partial charge on any atom is -0.487 e. The molecule has 0 unspecified atom stereocenters. The monoisotopic (exact) mass is 441 g/mol. The van der Waals surface area contributed by atoms with Gasteiger partial charge in [0.1, 0.15) is 23.2 Å². The highest BCUT2D eigenvalue weighted by Crippen LogP contribution is 2.42. The zero-order chi connectivity index (χ0) is 22.2. The van der Waals surface area contributed by atoms with E-state index in [2.05, 4.69) is 30.9 Å². The predicted octanol–water partition coefficient (Wildman–Crippen LogP) is 3.17. The Balaban J connectivity index is 1.52. The van der Waals surface area contributed by atoms with Crippen molar-refractivity contribution in [1.29, 1.82) is 0 Å². The number of aromatic nitrogens is 5. The molecule has 0 fully saturated rings. The quantitative estimate of drug-likeness (QED) is 0.435. The normalized spacial score (nSPS) is 15.2. The van der Waals surface area contributed by atoms with Crippen LogP contribution in [0.3, 0.4) is 0 Å². The molecule has 12 heteroatoms. The van der Waals surface area contributed by atoms with Gasteiger partial charge >= 0.3 is 6.61 Å². The summed E-state index contributed by atoms with van der Waals surface area (Å²) in [7, 11) is 0. The topological polar surface area (TPSA) is 118 Å². The van der Waals surface area contributed by atoms with E-state index in [0.717, 1.165) is 0 Å². The van der Waals surface area contributed by atoms with Gasteiger partial charge < -0.3 is 20.1 Å². The van der Waals surface area contributed by atoms with Crippen molar-refractivity contribution >= 4 is 22.9 Å². The lowest BCUT2D eigenvalue weighted by atomic mass is 10.1. The molecule has 1 aromatic carbocycles. The number of ether oxygens (including phenoxy) is 2. The molecular formula is C20H17F2N7O3. The molecule has 1 amide bonds. The lowest BCUT2D eigenvalue weighted by Crippen LogP contribution is -2.27. The van der Waals surface area contributed by atoms with Gasteiger partial charge in [-0.25, -0.2) is 9.50 Å². The zero-order valence-electron chi connectivity index (χ0n) is 16.7. The molecule has 1 atom stereocenters. The minimum atomic E-state index is -3.04. The average Bonchev–Trinajstić information content (AvgIpc) is 3.40. The Morgan fingerprint density at radius 3 is 3.09 bits per heavy atom. The number of nitrogens with one attached hydrogen (secondary N) is 3. The fraction of sp³-hybridized carbons (Fsp3) is 0.200. The van der Waals surface area contributed by atoms with Crippen molar-refractivity contribution in [2.24, 2.45) is 0 Å². The summed E-state index contributed by atoms with van der Waals surface area (Å²) in [4.78, 5) is 17.0. The number of H-pyrrole nitrogens is 1. The number of amides is 1. The van der Waals surface area contributed by atoms with Crippen LogP contribution in [0.15, 0.2) is 43.0 Å². The molecule has 0 saturated carbocycles. The summed E-state index contributed by atoms with van der Waals surface area (Å²) in [6.07, 6.45) is 5.87. The highest BCUT2D eigenvalue weighted by atomic mass is 19.3. The third kappa shape index (κ3) is 3.55. The summed E-state index contributed by atoms with van der Waals surface area (Å²) in [5.41, 5.74) is 1.95. The number of carbonyl (C=O) groups is 1. The molecule has 4 aromatic rings. The Labute approximate surface area is 179 Å². The van der Waals surface area contributed by atoms with E-state index < -0.39 is 12.5 Å². The molecule has 3 aromatic heterocycles. The second-order valence-electron chi connectivity index (χ2n) is 7.09. The van der Waals surface area contributed by atoms with Gasteiger partial charge in [-0.2, -0.15) is 19.0 Å². The van der Waals surface area contributed by atoms with Gasteiger partial charge in [0.25, 0.3) is 5.91 Å². The first-order chi connectivity index (χ1) is 15.5. The highest BCUT2D eigenvalue weighted by Gasteiger charge is 2.24. The Bertz CT molecular complexity index is 1300. The van der Waals surface area contributed by atoms with Crippen LogP contribution in [-0.2, 0) is 0 Å². The second-order valence-corrected chi connectivity index (χ2v) is 7.09. The molecule has 3 N–H and O–H groups in total. The highest BCUT2D eigenvalue weighted by molar-refractivity contribution is 6.09. The summed E-state index contributed by atoms with van der Waals surface area (Å²) < 4.78 is 38.2. The molecular weight excluding hydrogens is 424 g/mol. The first kappa shape index (κ1) is 19.7. The van der Waals surface area contributed by atoms with E-state index in [4.69, 9.17) is 9.47 Å². The number of benzene rings is 1. The van der Waals surface area contributed by atoms with Crippen LogP contribution in [0.4, 0.5) is 20.2 Å². The number of rotatable bonds is 5. The maximum absolute atomic E-state index is 13.1. The van der Waals surface area contributed by atoms with Crippen molar-refractivity contribution in [3.63, 3.8) is 0 Å². The fourth-order valence-corrected chi connectivity index (χ4v) is 3.46. The van der Waals surface area contributed by atoms with Crippen LogP contribution in [-0.4, -0.2) is 50.0 Å². The van der Waals surface area contributed by atoms with E-state index in [1.165, 1.54) is 23.0 Å². The maximum atomic E-state index is 13.1.